The second-order valence-electron chi connectivity index (χ2n) is 6.70. The third-order valence-electron chi connectivity index (χ3n) is 4.65. The highest BCUT2D eigenvalue weighted by Crippen LogP contribution is 2.32. The van der Waals surface area contributed by atoms with Crippen LogP contribution in [0.1, 0.15) is 6.42 Å². The Morgan fingerprint density at radius 2 is 1.90 bits per heavy atom. The van der Waals surface area contributed by atoms with Crippen molar-refractivity contribution in [2.24, 2.45) is 0 Å². The van der Waals surface area contributed by atoms with Gasteiger partial charge < -0.3 is 14.6 Å². The Morgan fingerprint density at radius 1 is 1.10 bits per heavy atom. The number of benzene rings is 2. The average molecular weight is 407 g/mol. The predicted molar refractivity (Wildman–Crippen MR) is 117 cm³/mol. The average Bonchev–Trinajstić information content (AvgIpc) is 3.15. The molecule has 2 aromatic heterocycles. The van der Waals surface area contributed by atoms with Crippen LogP contribution in [0.2, 0.25) is 0 Å². The number of amides is 1. The lowest BCUT2D eigenvalue weighted by Gasteiger charge is -2.19. The zero-order valence-corrected chi connectivity index (χ0v) is 17.0. The van der Waals surface area contributed by atoms with Crippen LogP contribution in [0.4, 0.5) is 5.69 Å². The highest BCUT2D eigenvalue weighted by atomic mass is 32.2. The molecule has 0 aliphatic rings. The van der Waals surface area contributed by atoms with Gasteiger partial charge >= 0.3 is 0 Å². The molecule has 29 heavy (non-hydrogen) atoms. The fourth-order valence-electron chi connectivity index (χ4n) is 3.15. The molecule has 0 unspecified atom stereocenters. The molecule has 0 fully saturated rings. The second kappa shape index (κ2) is 8.96. The van der Waals surface area contributed by atoms with E-state index < -0.39 is 0 Å². The molecule has 2 aromatic carbocycles. The van der Waals surface area contributed by atoms with Crippen molar-refractivity contribution in [3.05, 3.63) is 60.9 Å². The molecule has 148 valence electrons. The van der Waals surface area contributed by atoms with Gasteiger partial charge in [-0.1, -0.05) is 42.1 Å². The summed E-state index contributed by atoms with van der Waals surface area (Å²) >= 11 is 1.37. The third-order valence-corrected chi connectivity index (χ3v) is 5.63. The van der Waals surface area contributed by atoms with Gasteiger partial charge in [0, 0.05) is 31.2 Å². The minimum Gasteiger partial charge on any atom is -0.451 e. The number of carbonyl (C=O) groups excluding carboxylic acids is 1. The van der Waals surface area contributed by atoms with Crippen LogP contribution in [-0.4, -0.2) is 41.8 Å². The van der Waals surface area contributed by atoms with E-state index in [4.69, 9.17) is 4.42 Å². The first-order valence-electron chi connectivity index (χ1n) is 9.50. The summed E-state index contributed by atoms with van der Waals surface area (Å²) in [5.74, 6) is 0.276. The fraction of sp³-hybridized carbons (Fsp3) is 0.227. The van der Waals surface area contributed by atoms with Gasteiger partial charge in [0.25, 0.3) is 0 Å². The maximum atomic E-state index is 12.2. The predicted octanol–water partition coefficient (Wildman–Crippen LogP) is 4.11. The summed E-state index contributed by atoms with van der Waals surface area (Å²) in [6.45, 7) is 1.52. The van der Waals surface area contributed by atoms with Crippen molar-refractivity contribution in [3.63, 3.8) is 0 Å². The van der Waals surface area contributed by atoms with Gasteiger partial charge in [0.15, 0.2) is 5.58 Å². The first kappa shape index (κ1) is 19.3. The summed E-state index contributed by atoms with van der Waals surface area (Å²) in [7, 11) is 2.06. The Morgan fingerprint density at radius 3 is 2.76 bits per heavy atom. The van der Waals surface area contributed by atoms with Gasteiger partial charge in [-0.3, -0.25) is 4.79 Å². The second-order valence-corrected chi connectivity index (χ2v) is 7.67. The first-order valence-corrected chi connectivity index (χ1v) is 10.5. The standard InChI is InChI=1S/C22H22N4O2S/c1-26(16-8-3-2-4-9-16)13-7-12-23-19(27)14-29-22-21-20(24-15-25-22)17-10-5-6-11-18(17)28-21/h2-6,8-11,15H,7,12-14H2,1H3,(H,23,27). The normalized spacial score (nSPS) is 11.1. The van der Waals surface area contributed by atoms with Crippen molar-refractivity contribution in [2.75, 3.05) is 30.8 Å². The number of rotatable bonds is 8. The largest absolute Gasteiger partial charge is 0.451 e. The molecule has 0 radical (unpaired) electrons. The van der Waals surface area contributed by atoms with E-state index in [2.05, 4.69) is 39.4 Å². The SMILES string of the molecule is CN(CCCNC(=O)CSc1ncnc2c1oc1ccccc12)c1ccccc1. The molecule has 0 saturated heterocycles. The Kier molecular flexibility index (Phi) is 5.95. The summed E-state index contributed by atoms with van der Waals surface area (Å²) in [4.78, 5) is 23.0. The number of nitrogens with one attached hydrogen (secondary N) is 1. The topological polar surface area (TPSA) is 71.3 Å². The van der Waals surface area contributed by atoms with Gasteiger partial charge in [0.2, 0.25) is 5.91 Å². The van der Waals surface area contributed by atoms with Gasteiger partial charge in [0.1, 0.15) is 22.5 Å². The minimum absolute atomic E-state index is 0.0137. The first-order chi connectivity index (χ1) is 14.2. The number of anilines is 1. The number of thioether (sulfide) groups is 1. The van der Waals surface area contributed by atoms with E-state index in [-0.39, 0.29) is 11.7 Å². The summed E-state index contributed by atoms with van der Waals surface area (Å²) in [6, 6.07) is 18.0. The van der Waals surface area contributed by atoms with Crippen molar-refractivity contribution >= 4 is 45.4 Å². The molecule has 0 aliphatic carbocycles. The van der Waals surface area contributed by atoms with Crippen molar-refractivity contribution in [1.29, 1.82) is 0 Å². The van der Waals surface area contributed by atoms with Gasteiger partial charge in [-0.15, -0.1) is 0 Å². The molecule has 1 amide bonds. The number of nitrogens with zero attached hydrogens (tertiary/aromatic N) is 3. The smallest absolute Gasteiger partial charge is 0.230 e. The highest BCUT2D eigenvalue weighted by Gasteiger charge is 2.14. The summed E-state index contributed by atoms with van der Waals surface area (Å²) in [5, 5.41) is 4.62. The Balaban J connectivity index is 1.28. The lowest BCUT2D eigenvalue weighted by Crippen LogP contribution is -2.29. The van der Waals surface area contributed by atoms with E-state index in [9.17, 15) is 4.79 Å². The molecule has 0 aliphatic heterocycles. The Hall–Kier alpha value is -3.06. The summed E-state index contributed by atoms with van der Waals surface area (Å²) < 4.78 is 5.90. The van der Waals surface area contributed by atoms with Crippen molar-refractivity contribution in [1.82, 2.24) is 15.3 Å². The van der Waals surface area contributed by atoms with Gasteiger partial charge in [-0.2, -0.15) is 0 Å². The number of hydrogen-bond acceptors (Lipinski definition) is 6. The van der Waals surface area contributed by atoms with Crippen LogP contribution in [0, 0.1) is 0 Å². The van der Waals surface area contributed by atoms with E-state index >= 15 is 0 Å². The number of hydrogen-bond donors (Lipinski definition) is 1. The molecule has 0 saturated carbocycles. The Bertz CT molecular complexity index is 1110. The maximum absolute atomic E-state index is 12.2. The van der Waals surface area contributed by atoms with Crippen molar-refractivity contribution in [3.8, 4) is 0 Å². The van der Waals surface area contributed by atoms with Crippen molar-refractivity contribution in [2.45, 2.75) is 11.4 Å². The molecule has 0 spiro atoms. The van der Waals surface area contributed by atoms with Crippen LogP contribution in [0.15, 0.2) is 70.4 Å². The van der Waals surface area contributed by atoms with E-state index in [0.717, 1.165) is 29.5 Å². The fourth-order valence-corrected chi connectivity index (χ4v) is 3.91. The van der Waals surface area contributed by atoms with Crippen molar-refractivity contribution < 1.29 is 9.21 Å². The number of carbonyl (C=O) groups is 1. The molecule has 4 aromatic rings. The van der Waals surface area contributed by atoms with E-state index in [0.29, 0.717) is 17.2 Å². The molecule has 6 nitrogen and oxygen atoms in total. The summed E-state index contributed by atoms with van der Waals surface area (Å²) in [5.41, 5.74) is 3.36. The molecular weight excluding hydrogens is 384 g/mol. The molecule has 7 heteroatoms. The number of furan rings is 1. The van der Waals surface area contributed by atoms with Gasteiger partial charge in [-0.05, 0) is 30.7 Å². The highest BCUT2D eigenvalue weighted by molar-refractivity contribution is 8.00. The van der Waals surface area contributed by atoms with Gasteiger partial charge in [-0.25, -0.2) is 9.97 Å². The molecule has 2 heterocycles. The van der Waals surface area contributed by atoms with Crippen LogP contribution in [0.3, 0.4) is 0 Å². The number of fused-ring (bicyclic) bond motifs is 3. The quantitative estimate of drug-likeness (QED) is 0.270. The molecule has 0 atom stereocenters. The zero-order valence-electron chi connectivity index (χ0n) is 16.2. The van der Waals surface area contributed by atoms with Crippen LogP contribution in [-0.2, 0) is 4.79 Å². The third kappa shape index (κ3) is 4.51. The minimum atomic E-state index is -0.0137. The van der Waals surface area contributed by atoms with Crippen LogP contribution >= 0.6 is 11.8 Å². The Labute approximate surface area is 173 Å². The molecule has 0 bridgehead atoms. The number of para-hydroxylation sites is 2. The van der Waals surface area contributed by atoms with E-state index in [1.54, 1.807) is 0 Å². The zero-order chi connectivity index (χ0) is 20.1. The molecule has 4 rings (SSSR count). The van der Waals surface area contributed by atoms with Crippen LogP contribution < -0.4 is 10.2 Å². The van der Waals surface area contributed by atoms with Crippen LogP contribution in [0.25, 0.3) is 22.1 Å². The lowest BCUT2D eigenvalue weighted by molar-refractivity contribution is -0.118. The molecular formula is C22H22N4O2S. The van der Waals surface area contributed by atoms with E-state index in [1.165, 1.54) is 23.8 Å². The lowest BCUT2D eigenvalue weighted by atomic mass is 10.2. The summed E-state index contributed by atoms with van der Waals surface area (Å²) in [6.07, 6.45) is 2.40. The monoisotopic (exact) mass is 406 g/mol. The van der Waals surface area contributed by atoms with Gasteiger partial charge in [0.05, 0.1) is 5.75 Å². The molecule has 1 N–H and O–H groups in total. The number of aromatic nitrogens is 2. The van der Waals surface area contributed by atoms with E-state index in [1.807, 2.05) is 42.5 Å². The van der Waals surface area contributed by atoms with Crippen LogP contribution in [0.5, 0.6) is 0 Å². The maximum Gasteiger partial charge on any atom is 0.230 e.